The van der Waals surface area contributed by atoms with E-state index in [1.54, 1.807) is 0 Å². The number of ether oxygens (including phenoxy) is 1. The van der Waals surface area contributed by atoms with Crippen LogP contribution in [0.3, 0.4) is 0 Å². The zero-order valence-electron chi connectivity index (χ0n) is 11.4. The van der Waals surface area contributed by atoms with Gasteiger partial charge in [-0.05, 0) is 19.3 Å². The molecule has 4 nitrogen and oxygen atoms in total. The minimum Gasteiger partial charge on any atom is -0.466 e. The van der Waals surface area contributed by atoms with E-state index in [-0.39, 0.29) is 18.1 Å². The second-order valence-electron chi connectivity index (χ2n) is 4.79. The van der Waals surface area contributed by atoms with Crippen LogP contribution in [0.15, 0.2) is 11.6 Å². The zero-order valence-corrected chi connectivity index (χ0v) is 11.4. The fourth-order valence-electron chi connectivity index (χ4n) is 2.36. The largest absolute Gasteiger partial charge is 0.466 e. The van der Waals surface area contributed by atoms with Gasteiger partial charge in [0.1, 0.15) is 0 Å². The highest BCUT2D eigenvalue weighted by atomic mass is 16.5. The Balaban J connectivity index is 2.43. The molecule has 0 aromatic heterocycles. The minimum atomic E-state index is -0.263. The summed E-state index contributed by atoms with van der Waals surface area (Å²) in [5, 5.41) is 13.3. The average Bonchev–Trinajstić information content (AvgIpc) is 2.59. The van der Waals surface area contributed by atoms with E-state index in [4.69, 9.17) is 4.74 Å². The number of rotatable bonds is 5. The lowest BCUT2D eigenvalue weighted by Crippen LogP contribution is -2.39. The van der Waals surface area contributed by atoms with Crippen molar-refractivity contribution >= 4 is 5.97 Å². The fourth-order valence-corrected chi connectivity index (χ4v) is 2.36. The van der Waals surface area contributed by atoms with E-state index in [0.29, 0.717) is 18.5 Å². The van der Waals surface area contributed by atoms with Gasteiger partial charge < -0.3 is 15.2 Å². The number of aliphatic hydroxyl groups excluding tert-OH is 1. The molecule has 0 aliphatic heterocycles. The van der Waals surface area contributed by atoms with Gasteiger partial charge in [-0.25, -0.2) is 4.79 Å². The quantitative estimate of drug-likeness (QED) is 0.446. The molecule has 18 heavy (non-hydrogen) atoms. The van der Waals surface area contributed by atoms with E-state index < -0.39 is 0 Å². The van der Waals surface area contributed by atoms with Crippen molar-refractivity contribution in [2.75, 3.05) is 13.7 Å². The maximum absolute atomic E-state index is 11.4. The minimum absolute atomic E-state index is 0.152. The van der Waals surface area contributed by atoms with Gasteiger partial charge in [0.2, 0.25) is 0 Å². The summed E-state index contributed by atoms with van der Waals surface area (Å²) >= 11 is 0. The number of hydrogen-bond donors (Lipinski definition) is 2. The molecule has 0 heterocycles. The van der Waals surface area contributed by atoms with Crippen LogP contribution in [0, 0.1) is 0 Å². The average molecular weight is 255 g/mol. The first-order valence-corrected chi connectivity index (χ1v) is 6.87. The van der Waals surface area contributed by atoms with Gasteiger partial charge in [0.05, 0.1) is 13.2 Å². The van der Waals surface area contributed by atoms with Crippen molar-refractivity contribution < 1.29 is 14.6 Å². The maximum Gasteiger partial charge on any atom is 0.333 e. The van der Waals surface area contributed by atoms with Crippen LogP contribution in [0.25, 0.3) is 0 Å². The molecule has 4 heteroatoms. The second-order valence-corrected chi connectivity index (χ2v) is 4.79. The van der Waals surface area contributed by atoms with Crippen molar-refractivity contribution in [1.82, 2.24) is 5.32 Å². The highest BCUT2D eigenvalue weighted by Crippen LogP contribution is 2.17. The SMILES string of the molecule is CCC(=CCNC1CCCCCC1O)C(=O)OC. The number of methoxy groups -OCH3 is 1. The third-order valence-electron chi connectivity index (χ3n) is 3.54. The van der Waals surface area contributed by atoms with Crippen molar-refractivity contribution in [3.8, 4) is 0 Å². The van der Waals surface area contributed by atoms with Crippen molar-refractivity contribution in [2.45, 2.75) is 57.6 Å². The van der Waals surface area contributed by atoms with Gasteiger partial charge >= 0.3 is 5.97 Å². The van der Waals surface area contributed by atoms with E-state index in [0.717, 1.165) is 25.7 Å². The Morgan fingerprint density at radius 2 is 2.11 bits per heavy atom. The van der Waals surface area contributed by atoms with Gasteiger partial charge in [-0.3, -0.25) is 0 Å². The third kappa shape index (κ3) is 4.78. The molecule has 104 valence electrons. The van der Waals surface area contributed by atoms with E-state index in [1.807, 2.05) is 13.0 Å². The van der Waals surface area contributed by atoms with Gasteiger partial charge in [0.15, 0.2) is 0 Å². The summed E-state index contributed by atoms with van der Waals surface area (Å²) in [6, 6.07) is 0.152. The molecule has 1 saturated carbocycles. The van der Waals surface area contributed by atoms with Crippen LogP contribution in [0.4, 0.5) is 0 Å². The second kappa shape index (κ2) is 8.27. The predicted octanol–water partition coefficient (Wildman–Crippen LogP) is 1.78. The predicted molar refractivity (Wildman–Crippen MR) is 71.3 cm³/mol. The number of carbonyl (C=O) groups excluding carboxylic acids is 1. The van der Waals surface area contributed by atoms with E-state index in [9.17, 15) is 9.90 Å². The third-order valence-corrected chi connectivity index (χ3v) is 3.54. The number of aliphatic hydroxyl groups is 1. The highest BCUT2D eigenvalue weighted by molar-refractivity contribution is 5.88. The highest BCUT2D eigenvalue weighted by Gasteiger charge is 2.20. The molecule has 0 aromatic carbocycles. The smallest absolute Gasteiger partial charge is 0.333 e. The molecule has 1 fully saturated rings. The van der Waals surface area contributed by atoms with Gasteiger partial charge in [-0.2, -0.15) is 0 Å². The molecule has 2 atom stereocenters. The molecule has 2 N–H and O–H groups in total. The van der Waals surface area contributed by atoms with Crippen LogP contribution in [0.1, 0.15) is 45.4 Å². The molecule has 0 bridgehead atoms. The Kier molecular flexibility index (Phi) is 6.98. The summed E-state index contributed by atoms with van der Waals surface area (Å²) in [6.45, 7) is 2.54. The number of carbonyl (C=O) groups is 1. The first-order valence-electron chi connectivity index (χ1n) is 6.87. The summed E-state index contributed by atoms with van der Waals surface area (Å²) in [5.41, 5.74) is 0.688. The summed E-state index contributed by atoms with van der Waals surface area (Å²) in [7, 11) is 1.40. The van der Waals surface area contributed by atoms with E-state index >= 15 is 0 Å². The summed E-state index contributed by atoms with van der Waals surface area (Å²) < 4.78 is 4.70. The molecule has 1 aliphatic carbocycles. The van der Waals surface area contributed by atoms with Crippen LogP contribution in [-0.4, -0.2) is 36.9 Å². The van der Waals surface area contributed by atoms with E-state index in [1.165, 1.54) is 13.5 Å². The molecule has 2 unspecified atom stereocenters. The molecule has 0 saturated heterocycles. The maximum atomic E-state index is 11.4. The summed E-state index contributed by atoms with van der Waals surface area (Å²) in [5.74, 6) is -0.263. The lowest BCUT2D eigenvalue weighted by atomic mass is 10.1. The number of hydrogen-bond acceptors (Lipinski definition) is 4. The van der Waals surface area contributed by atoms with Crippen LogP contribution in [-0.2, 0) is 9.53 Å². The standard InChI is InChI=1S/C14H25NO3/c1-3-11(14(17)18-2)9-10-15-12-7-5-4-6-8-13(12)16/h9,12-13,15-16H,3-8,10H2,1-2H3. The summed E-state index contributed by atoms with van der Waals surface area (Å²) in [6.07, 6.45) is 7.63. The zero-order chi connectivity index (χ0) is 13.4. The van der Waals surface area contributed by atoms with Crippen molar-refractivity contribution in [1.29, 1.82) is 0 Å². The molecule has 1 rings (SSSR count). The lowest BCUT2D eigenvalue weighted by molar-refractivity contribution is -0.136. The Hall–Kier alpha value is -0.870. The first-order chi connectivity index (χ1) is 8.69. The molecule has 0 spiro atoms. The van der Waals surface area contributed by atoms with Gasteiger partial charge in [-0.15, -0.1) is 0 Å². The van der Waals surface area contributed by atoms with E-state index in [2.05, 4.69) is 5.32 Å². The Morgan fingerprint density at radius 3 is 2.78 bits per heavy atom. The molecule has 1 aliphatic rings. The lowest BCUT2D eigenvalue weighted by Gasteiger charge is -2.21. The molecule has 0 amide bonds. The monoisotopic (exact) mass is 255 g/mol. The van der Waals surface area contributed by atoms with Gasteiger partial charge in [0, 0.05) is 18.2 Å². The molecule has 0 radical (unpaired) electrons. The van der Waals surface area contributed by atoms with Gasteiger partial charge in [-0.1, -0.05) is 32.3 Å². The topological polar surface area (TPSA) is 58.6 Å². The fraction of sp³-hybridized carbons (Fsp3) is 0.786. The Bertz CT molecular complexity index is 289. The summed E-state index contributed by atoms with van der Waals surface area (Å²) in [4.78, 5) is 11.4. The van der Waals surface area contributed by atoms with Crippen molar-refractivity contribution in [2.24, 2.45) is 0 Å². The van der Waals surface area contributed by atoms with Crippen LogP contribution < -0.4 is 5.32 Å². The Morgan fingerprint density at radius 1 is 1.39 bits per heavy atom. The number of esters is 1. The van der Waals surface area contributed by atoms with Gasteiger partial charge in [0.25, 0.3) is 0 Å². The number of nitrogens with one attached hydrogen (secondary N) is 1. The Labute approximate surface area is 109 Å². The molecular weight excluding hydrogens is 230 g/mol. The van der Waals surface area contributed by atoms with Crippen molar-refractivity contribution in [3.05, 3.63) is 11.6 Å². The molecular formula is C14H25NO3. The van der Waals surface area contributed by atoms with Crippen LogP contribution in [0.2, 0.25) is 0 Å². The normalized spacial score (nSPS) is 25.6. The first kappa shape index (κ1) is 15.2. The van der Waals surface area contributed by atoms with Crippen molar-refractivity contribution in [3.63, 3.8) is 0 Å². The van der Waals surface area contributed by atoms with Crippen LogP contribution >= 0.6 is 0 Å². The van der Waals surface area contributed by atoms with Crippen LogP contribution in [0.5, 0.6) is 0 Å². The molecule has 0 aromatic rings.